The average Bonchev–Trinajstić information content (AvgIpc) is 3.24. The molecule has 0 aliphatic heterocycles. The lowest BCUT2D eigenvalue weighted by atomic mass is 9.97. The Morgan fingerprint density at radius 3 is 2.45 bits per heavy atom. The van der Waals surface area contributed by atoms with Crippen LogP contribution in [0.1, 0.15) is 5.56 Å². The number of aryl methyl sites for hydroxylation is 1. The molecule has 0 aliphatic rings. The van der Waals surface area contributed by atoms with Gasteiger partial charge in [0.05, 0.1) is 18.8 Å². The Bertz CT molecular complexity index is 1700. The van der Waals surface area contributed by atoms with Crippen molar-refractivity contribution < 1.29 is 13.6 Å². The van der Waals surface area contributed by atoms with Gasteiger partial charge in [-0.1, -0.05) is 36.4 Å². The van der Waals surface area contributed by atoms with Crippen molar-refractivity contribution in [3.63, 3.8) is 0 Å². The van der Waals surface area contributed by atoms with E-state index in [0.29, 0.717) is 16.7 Å². The van der Waals surface area contributed by atoms with Crippen molar-refractivity contribution >= 4 is 43.5 Å². The summed E-state index contributed by atoms with van der Waals surface area (Å²) >= 11 is 0. The molecule has 0 radical (unpaired) electrons. The number of methoxy groups -OCH3 is 1. The molecular weight excluding hydrogens is 388 g/mol. The third-order valence-electron chi connectivity index (χ3n) is 6.04. The fraction of sp³-hybridized carbons (Fsp3) is 0.0741. The number of hydrogen-bond donors (Lipinski definition) is 0. The smallest absolute Gasteiger partial charge is 0.344 e. The molecule has 0 N–H and O–H groups in total. The molecule has 150 valence electrons. The fourth-order valence-corrected chi connectivity index (χ4v) is 4.43. The molecule has 0 saturated heterocycles. The minimum absolute atomic E-state index is 0.384. The van der Waals surface area contributed by atoms with E-state index in [-0.39, 0.29) is 5.63 Å². The maximum absolute atomic E-state index is 12.6. The third-order valence-corrected chi connectivity index (χ3v) is 6.04. The molecule has 0 bridgehead atoms. The van der Waals surface area contributed by atoms with Crippen molar-refractivity contribution in [3.8, 4) is 16.9 Å². The summed E-state index contributed by atoms with van der Waals surface area (Å²) in [6, 6.07) is 22.3. The van der Waals surface area contributed by atoms with Crippen LogP contribution in [0.2, 0.25) is 0 Å². The highest BCUT2D eigenvalue weighted by atomic mass is 16.5. The molecule has 6 rings (SSSR count). The monoisotopic (exact) mass is 406 g/mol. The highest BCUT2D eigenvalue weighted by Crippen LogP contribution is 2.39. The summed E-state index contributed by atoms with van der Waals surface area (Å²) in [5.41, 5.74) is 3.80. The van der Waals surface area contributed by atoms with Crippen molar-refractivity contribution in [2.75, 3.05) is 7.11 Å². The molecule has 0 spiro atoms. The van der Waals surface area contributed by atoms with Gasteiger partial charge in [0.2, 0.25) is 0 Å². The van der Waals surface area contributed by atoms with Crippen molar-refractivity contribution in [2.24, 2.45) is 0 Å². The molecule has 2 aromatic heterocycles. The van der Waals surface area contributed by atoms with Crippen molar-refractivity contribution in [3.05, 3.63) is 89.0 Å². The Kier molecular flexibility index (Phi) is 3.71. The summed E-state index contributed by atoms with van der Waals surface area (Å²) in [5, 5.41) is 5.58. The predicted molar refractivity (Wildman–Crippen MR) is 124 cm³/mol. The summed E-state index contributed by atoms with van der Waals surface area (Å²) < 4.78 is 17.0. The van der Waals surface area contributed by atoms with E-state index in [4.69, 9.17) is 13.6 Å². The Labute approximate surface area is 177 Å². The lowest BCUT2D eigenvalue weighted by Crippen LogP contribution is -2.01. The summed E-state index contributed by atoms with van der Waals surface area (Å²) in [4.78, 5) is 12.6. The van der Waals surface area contributed by atoms with Gasteiger partial charge in [0.25, 0.3) is 0 Å². The largest absolute Gasteiger partial charge is 0.497 e. The molecule has 0 unspecified atom stereocenters. The summed E-state index contributed by atoms with van der Waals surface area (Å²) in [6.45, 7) is 1.93. The lowest BCUT2D eigenvalue weighted by Gasteiger charge is -2.08. The van der Waals surface area contributed by atoms with E-state index in [2.05, 4.69) is 36.4 Å². The Balaban J connectivity index is 1.69. The zero-order valence-corrected chi connectivity index (χ0v) is 17.1. The highest BCUT2D eigenvalue weighted by molar-refractivity contribution is 6.13. The highest BCUT2D eigenvalue weighted by Gasteiger charge is 2.18. The first-order chi connectivity index (χ1) is 15.1. The summed E-state index contributed by atoms with van der Waals surface area (Å²) in [5.74, 6) is 0.622. The van der Waals surface area contributed by atoms with Gasteiger partial charge in [-0.05, 0) is 53.6 Å². The minimum atomic E-state index is -0.384. The maximum Gasteiger partial charge on any atom is 0.344 e. The normalized spacial score (nSPS) is 11.7. The second kappa shape index (κ2) is 6.47. The van der Waals surface area contributed by atoms with E-state index >= 15 is 0 Å². The van der Waals surface area contributed by atoms with Crippen LogP contribution in [-0.2, 0) is 0 Å². The van der Waals surface area contributed by atoms with Crippen LogP contribution >= 0.6 is 0 Å². The number of rotatable bonds is 2. The van der Waals surface area contributed by atoms with Crippen LogP contribution in [0.25, 0.3) is 54.6 Å². The van der Waals surface area contributed by atoms with Crippen LogP contribution in [-0.4, -0.2) is 7.11 Å². The van der Waals surface area contributed by atoms with Gasteiger partial charge < -0.3 is 13.6 Å². The first-order valence-electron chi connectivity index (χ1n) is 10.1. The van der Waals surface area contributed by atoms with Crippen molar-refractivity contribution in [2.45, 2.75) is 6.92 Å². The van der Waals surface area contributed by atoms with Crippen molar-refractivity contribution in [1.82, 2.24) is 0 Å². The molecule has 0 saturated carbocycles. The predicted octanol–water partition coefficient (Wildman–Crippen LogP) is 6.83. The Hall–Kier alpha value is -4.05. The first-order valence-corrected chi connectivity index (χ1v) is 10.1. The first kappa shape index (κ1) is 17.8. The van der Waals surface area contributed by atoms with Gasteiger partial charge in [0.15, 0.2) is 0 Å². The van der Waals surface area contributed by atoms with E-state index in [1.807, 2.05) is 31.2 Å². The molecule has 2 heterocycles. The Morgan fingerprint density at radius 2 is 1.61 bits per heavy atom. The zero-order valence-electron chi connectivity index (χ0n) is 17.1. The topological polar surface area (TPSA) is 52.6 Å². The number of ether oxygens (including phenoxy) is 1. The molecule has 0 aliphatic carbocycles. The third kappa shape index (κ3) is 2.58. The van der Waals surface area contributed by atoms with Crippen LogP contribution in [0, 0.1) is 6.92 Å². The van der Waals surface area contributed by atoms with Crippen LogP contribution in [0.3, 0.4) is 0 Å². The van der Waals surface area contributed by atoms with Gasteiger partial charge in [-0.3, -0.25) is 0 Å². The van der Waals surface area contributed by atoms with E-state index in [0.717, 1.165) is 38.4 Å². The van der Waals surface area contributed by atoms with Gasteiger partial charge in [-0.25, -0.2) is 4.79 Å². The average molecular weight is 406 g/mol. The van der Waals surface area contributed by atoms with Gasteiger partial charge in [0, 0.05) is 27.3 Å². The molecule has 0 amide bonds. The number of fused-ring (bicyclic) bond motifs is 5. The van der Waals surface area contributed by atoms with Gasteiger partial charge >= 0.3 is 5.63 Å². The van der Waals surface area contributed by atoms with Gasteiger partial charge in [-0.15, -0.1) is 0 Å². The molecule has 6 aromatic rings. The number of benzene rings is 4. The van der Waals surface area contributed by atoms with Crippen LogP contribution in [0.5, 0.6) is 5.75 Å². The fourth-order valence-electron chi connectivity index (χ4n) is 4.43. The second-order valence-electron chi connectivity index (χ2n) is 7.77. The molecule has 4 heteroatoms. The second-order valence-corrected chi connectivity index (χ2v) is 7.77. The minimum Gasteiger partial charge on any atom is -0.497 e. The molecule has 4 nitrogen and oxygen atoms in total. The Morgan fingerprint density at radius 1 is 0.774 bits per heavy atom. The number of furan rings is 1. The van der Waals surface area contributed by atoms with E-state index < -0.39 is 0 Å². The lowest BCUT2D eigenvalue weighted by molar-refractivity contribution is 0.415. The van der Waals surface area contributed by atoms with Gasteiger partial charge in [-0.2, -0.15) is 0 Å². The molecule has 4 aromatic carbocycles. The molecule has 0 fully saturated rings. The van der Waals surface area contributed by atoms with Gasteiger partial charge in [0.1, 0.15) is 16.9 Å². The molecule has 0 atom stereocenters. The van der Waals surface area contributed by atoms with E-state index in [9.17, 15) is 4.79 Å². The summed E-state index contributed by atoms with van der Waals surface area (Å²) in [7, 11) is 1.58. The molecular formula is C27H18O4. The quantitative estimate of drug-likeness (QED) is 0.234. The summed E-state index contributed by atoms with van der Waals surface area (Å²) in [6.07, 6.45) is 1.78. The van der Waals surface area contributed by atoms with Crippen LogP contribution in [0.4, 0.5) is 0 Å². The van der Waals surface area contributed by atoms with Crippen LogP contribution in [0.15, 0.2) is 86.6 Å². The van der Waals surface area contributed by atoms with Crippen LogP contribution < -0.4 is 10.4 Å². The maximum atomic E-state index is 12.6. The van der Waals surface area contributed by atoms with E-state index in [1.165, 1.54) is 10.8 Å². The zero-order chi connectivity index (χ0) is 21.1. The number of hydrogen-bond acceptors (Lipinski definition) is 4. The van der Waals surface area contributed by atoms with Crippen molar-refractivity contribution in [1.29, 1.82) is 0 Å². The van der Waals surface area contributed by atoms with E-state index in [1.54, 1.807) is 19.4 Å². The standard InChI is InChI=1S/C27H18O4/c1-15-25-22(24(14-30-25)18-8-7-16-5-3-4-6-17(16)11-18)13-21-20-10-9-19(29-2)12-23(20)27(28)31-26(15)21/h3-14H,1-2H3. The molecule has 31 heavy (non-hydrogen) atoms. The SMILES string of the molecule is COc1ccc2c(c1)c(=O)oc1c(C)c3occ(-c4ccc5ccccc5c4)c3cc12.